The van der Waals surface area contributed by atoms with Crippen molar-refractivity contribution in [3.8, 4) is 0 Å². The van der Waals surface area contributed by atoms with Gasteiger partial charge in [0.1, 0.15) is 5.78 Å². The largest absolute Gasteiger partial charge is 0.299 e. The van der Waals surface area contributed by atoms with Gasteiger partial charge in [-0.15, -0.1) is 0 Å². The van der Waals surface area contributed by atoms with Gasteiger partial charge in [-0.1, -0.05) is 36.2 Å². The first-order valence-electron chi connectivity index (χ1n) is 5.34. The van der Waals surface area contributed by atoms with Crippen LogP contribution >= 0.6 is 0 Å². The van der Waals surface area contributed by atoms with E-state index < -0.39 is 0 Å². The fourth-order valence-electron chi connectivity index (χ4n) is 1.90. The fraction of sp³-hybridized carbons (Fsp3) is 0.462. The molecule has 2 rings (SSSR count). The molecular weight excluding hydrogens is 172 g/mol. The van der Waals surface area contributed by atoms with Crippen LogP contribution in [0.5, 0.6) is 0 Å². The second-order valence-electron chi connectivity index (χ2n) is 4.26. The Morgan fingerprint density at radius 2 is 2.21 bits per heavy atom. The van der Waals surface area contributed by atoms with Crippen molar-refractivity contribution < 1.29 is 4.79 Å². The van der Waals surface area contributed by atoms with Crippen LogP contribution in [-0.2, 0) is 11.2 Å². The zero-order chi connectivity index (χ0) is 9.97. The summed E-state index contributed by atoms with van der Waals surface area (Å²) in [6.07, 6.45) is 4.10. The lowest BCUT2D eigenvalue weighted by atomic mass is 9.80. The number of rotatable bonds is 3. The Kier molecular flexibility index (Phi) is 2.67. The van der Waals surface area contributed by atoms with Crippen LogP contribution in [0.3, 0.4) is 0 Å². The molecule has 1 aromatic rings. The minimum atomic E-state index is 0.371. The smallest absolute Gasteiger partial charge is 0.140 e. The Morgan fingerprint density at radius 3 is 2.79 bits per heavy atom. The van der Waals surface area contributed by atoms with E-state index in [1.165, 1.54) is 17.5 Å². The van der Waals surface area contributed by atoms with Crippen LogP contribution < -0.4 is 0 Å². The van der Waals surface area contributed by atoms with Crippen molar-refractivity contribution in [2.75, 3.05) is 0 Å². The number of benzene rings is 1. The zero-order valence-corrected chi connectivity index (χ0v) is 8.62. The maximum Gasteiger partial charge on any atom is 0.140 e. The molecule has 1 nitrogen and oxygen atoms in total. The maximum atomic E-state index is 11.7. The molecule has 0 atom stereocenters. The van der Waals surface area contributed by atoms with Crippen LogP contribution in [0.4, 0.5) is 0 Å². The second kappa shape index (κ2) is 3.95. The molecule has 0 spiro atoms. The molecular formula is C13H16O. The Bertz CT molecular complexity index is 337. The molecule has 1 aliphatic rings. The third kappa shape index (κ3) is 2.03. The number of hydrogen-bond acceptors (Lipinski definition) is 1. The van der Waals surface area contributed by atoms with Crippen LogP contribution in [0, 0.1) is 12.8 Å². The van der Waals surface area contributed by atoms with Gasteiger partial charge in [0.25, 0.3) is 0 Å². The van der Waals surface area contributed by atoms with E-state index in [-0.39, 0.29) is 0 Å². The van der Waals surface area contributed by atoms with Crippen LogP contribution in [-0.4, -0.2) is 5.78 Å². The molecule has 0 radical (unpaired) electrons. The normalized spacial score (nSPS) is 16.4. The summed E-state index contributed by atoms with van der Waals surface area (Å²) in [7, 11) is 0. The van der Waals surface area contributed by atoms with Gasteiger partial charge in [0.15, 0.2) is 0 Å². The molecule has 74 valence electrons. The molecule has 1 fully saturated rings. The van der Waals surface area contributed by atoms with Crippen molar-refractivity contribution in [1.82, 2.24) is 0 Å². The SMILES string of the molecule is Cc1cccc(CC(=O)C2CCC2)c1. The lowest BCUT2D eigenvalue weighted by Gasteiger charge is -2.23. The molecule has 0 heterocycles. The van der Waals surface area contributed by atoms with Gasteiger partial charge in [0.2, 0.25) is 0 Å². The van der Waals surface area contributed by atoms with Crippen molar-refractivity contribution in [3.05, 3.63) is 35.4 Å². The molecule has 14 heavy (non-hydrogen) atoms. The molecule has 1 heteroatoms. The quantitative estimate of drug-likeness (QED) is 0.712. The predicted molar refractivity (Wildman–Crippen MR) is 57.2 cm³/mol. The molecule has 1 aromatic carbocycles. The summed E-state index contributed by atoms with van der Waals surface area (Å²) in [6.45, 7) is 2.07. The Hall–Kier alpha value is -1.11. The molecule has 0 aliphatic heterocycles. The highest BCUT2D eigenvalue weighted by Gasteiger charge is 2.24. The van der Waals surface area contributed by atoms with Crippen molar-refractivity contribution in [2.45, 2.75) is 32.6 Å². The number of hydrogen-bond donors (Lipinski definition) is 0. The Morgan fingerprint density at radius 1 is 1.43 bits per heavy atom. The number of aryl methyl sites for hydroxylation is 1. The summed E-state index contributed by atoms with van der Waals surface area (Å²) in [5.41, 5.74) is 2.41. The minimum Gasteiger partial charge on any atom is -0.299 e. The van der Waals surface area contributed by atoms with E-state index in [0.717, 1.165) is 12.8 Å². The summed E-state index contributed by atoms with van der Waals surface area (Å²) in [5, 5.41) is 0. The average molecular weight is 188 g/mol. The standard InChI is InChI=1S/C13H16O/c1-10-4-2-5-11(8-10)9-13(14)12-6-3-7-12/h2,4-5,8,12H,3,6-7,9H2,1H3. The molecule has 1 saturated carbocycles. The fourth-order valence-corrected chi connectivity index (χ4v) is 1.90. The van der Waals surface area contributed by atoms with Crippen LogP contribution in [0.1, 0.15) is 30.4 Å². The van der Waals surface area contributed by atoms with Crippen molar-refractivity contribution >= 4 is 5.78 Å². The van der Waals surface area contributed by atoms with Gasteiger partial charge in [-0.2, -0.15) is 0 Å². The van der Waals surface area contributed by atoms with E-state index in [4.69, 9.17) is 0 Å². The van der Waals surface area contributed by atoms with E-state index in [9.17, 15) is 4.79 Å². The summed E-state index contributed by atoms with van der Waals surface area (Å²) >= 11 is 0. The first kappa shape index (κ1) is 9.45. The Labute approximate surface area is 85.1 Å². The molecule has 0 aromatic heterocycles. The van der Waals surface area contributed by atoms with Crippen LogP contribution in [0.25, 0.3) is 0 Å². The van der Waals surface area contributed by atoms with Gasteiger partial charge in [-0.3, -0.25) is 4.79 Å². The highest BCUT2D eigenvalue weighted by atomic mass is 16.1. The van der Waals surface area contributed by atoms with Crippen molar-refractivity contribution in [2.24, 2.45) is 5.92 Å². The zero-order valence-electron chi connectivity index (χ0n) is 8.62. The number of Topliss-reactive ketones (excluding diaryl/α,β-unsaturated/α-hetero) is 1. The highest BCUT2D eigenvalue weighted by molar-refractivity contribution is 5.83. The summed E-state index contributed by atoms with van der Waals surface area (Å²) in [5.74, 6) is 0.803. The number of carbonyl (C=O) groups is 1. The summed E-state index contributed by atoms with van der Waals surface area (Å²) in [6, 6.07) is 8.25. The van der Waals surface area contributed by atoms with Crippen LogP contribution in [0.15, 0.2) is 24.3 Å². The summed E-state index contributed by atoms with van der Waals surface area (Å²) < 4.78 is 0. The molecule has 0 amide bonds. The monoisotopic (exact) mass is 188 g/mol. The minimum absolute atomic E-state index is 0.371. The van der Waals surface area contributed by atoms with E-state index in [1.807, 2.05) is 12.1 Å². The van der Waals surface area contributed by atoms with Crippen LogP contribution in [0.2, 0.25) is 0 Å². The number of ketones is 1. The van der Waals surface area contributed by atoms with E-state index in [0.29, 0.717) is 18.1 Å². The summed E-state index contributed by atoms with van der Waals surface area (Å²) in [4.78, 5) is 11.7. The first-order chi connectivity index (χ1) is 6.75. The first-order valence-corrected chi connectivity index (χ1v) is 5.34. The molecule has 0 N–H and O–H groups in total. The van der Waals surface area contributed by atoms with E-state index >= 15 is 0 Å². The molecule has 0 bridgehead atoms. The van der Waals surface area contributed by atoms with E-state index in [1.54, 1.807) is 0 Å². The van der Waals surface area contributed by atoms with Crippen molar-refractivity contribution in [3.63, 3.8) is 0 Å². The van der Waals surface area contributed by atoms with Gasteiger partial charge in [0, 0.05) is 12.3 Å². The van der Waals surface area contributed by atoms with Gasteiger partial charge >= 0.3 is 0 Å². The lowest BCUT2D eigenvalue weighted by Crippen LogP contribution is -2.23. The maximum absolute atomic E-state index is 11.7. The van der Waals surface area contributed by atoms with Gasteiger partial charge in [-0.25, -0.2) is 0 Å². The number of carbonyl (C=O) groups excluding carboxylic acids is 1. The third-order valence-corrected chi connectivity index (χ3v) is 3.02. The van der Waals surface area contributed by atoms with Gasteiger partial charge in [-0.05, 0) is 25.3 Å². The Balaban J connectivity index is 1.99. The molecule has 1 aliphatic carbocycles. The second-order valence-corrected chi connectivity index (χ2v) is 4.26. The predicted octanol–water partition coefficient (Wildman–Crippen LogP) is 2.91. The van der Waals surface area contributed by atoms with Gasteiger partial charge < -0.3 is 0 Å². The average Bonchev–Trinajstić information content (AvgIpc) is 1.99. The molecule has 0 saturated heterocycles. The lowest BCUT2D eigenvalue weighted by molar-refractivity contribution is -0.124. The van der Waals surface area contributed by atoms with E-state index in [2.05, 4.69) is 19.1 Å². The van der Waals surface area contributed by atoms with Crippen molar-refractivity contribution in [1.29, 1.82) is 0 Å². The van der Waals surface area contributed by atoms with Gasteiger partial charge in [0.05, 0.1) is 0 Å². The molecule has 0 unspecified atom stereocenters. The highest BCUT2D eigenvalue weighted by Crippen LogP contribution is 2.28. The topological polar surface area (TPSA) is 17.1 Å². The third-order valence-electron chi connectivity index (χ3n) is 3.02.